The van der Waals surface area contributed by atoms with Crippen molar-refractivity contribution < 1.29 is 5.11 Å². The fraction of sp³-hybridized carbons (Fsp3) is 1.00. The highest BCUT2D eigenvalue weighted by atomic mass is 79.9. The van der Waals surface area contributed by atoms with Crippen LogP contribution in [0.2, 0.25) is 0 Å². The lowest BCUT2D eigenvalue weighted by atomic mass is 9.94. The third-order valence-electron chi connectivity index (χ3n) is 1.77. The van der Waals surface area contributed by atoms with Crippen molar-refractivity contribution in [2.45, 2.75) is 36.2 Å². The van der Waals surface area contributed by atoms with Gasteiger partial charge in [0.15, 0.2) is 0 Å². The molecule has 9 heavy (non-hydrogen) atoms. The molecule has 2 nitrogen and oxygen atoms in total. The van der Waals surface area contributed by atoms with E-state index in [4.69, 9.17) is 5.73 Å². The summed E-state index contributed by atoms with van der Waals surface area (Å²) in [4.78, 5) is 0.275. The molecule has 1 saturated carbocycles. The maximum atomic E-state index is 9.22. The standard InChI is InChI=1S/C6H12BrNO/c7-5-2-1-4(8)3-6(5)9/h4-6,9H,1-3,8H2/t4-,5+,6-/m0/s1. The Morgan fingerprint density at radius 2 is 2.11 bits per heavy atom. The molecule has 1 fully saturated rings. The zero-order valence-electron chi connectivity index (χ0n) is 5.26. The first-order chi connectivity index (χ1) is 4.20. The van der Waals surface area contributed by atoms with Gasteiger partial charge in [-0.25, -0.2) is 0 Å². The third kappa shape index (κ3) is 1.92. The number of aliphatic hydroxyl groups is 1. The number of rotatable bonds is 0. The molecular weight excluding hydrogens is 182 g/mol. The van der Waals surface area contributed by atoms with E-state index in [9.17, 15) is 5.11 Å². The van der Waals surface area contributed by atoms with Crippen LogP contribution < -0.4 is 5.73 Å². The highest BCUT2D eigenvalue weighted by Crippen LogP contribution is 2.23. The number of hydrogen-bond acceptors (Lipinski definition) is 2. The van der Waals surface area contributed by atoms with Crippen LogP contribution in [0.25, 0.3) is 0 Å². The lowest BCUT2D eigenvalue weighted by molar-refractivity contribution is 0.129. The van der Waals surface area contributed by atoms with E-state index < -0.39 is 0 Å². The number of halogens is 1. The minimum Gasteiger partial charge on any atom is -0.392 e. The van der Waals surface area contributed by atoms with Crippen molar-refractivity contribution in [3.05, 3.63) is 0 Å². The van der Waals surface area contributed by atoms with Gasteiger partial charge in [0.25, 0.3) is 0 Å². The highest BCUT2D eigenvalue weighted by Gasteiger charge is 2.24. The summed E-state index contributed by atoms with van der Waals surface area (Å²) in [7, 11) is 0. The topological polar surface area (TPSA) is 46.2 Å². The van der Waals surface area contributed by atoms with Gasteiger partial charge in [-0.3, -0.25) is 0 Å². The second kappa shape index (κ2) is 2.99. The second-order valence-corrected chi connectivity index (χ2v) is 3.83. The number of hydrogen-bond donors (Lipinski definition) is 2. The maximum Gasteiger partial charge on any atom is 0.0679 e. The first kappa shape index (κ1) is 7.51. The van der Waals surface area contributed by atoms with Crippen LogP contribution in [-0.4, -0.2) is 22.1 Å². The molecule has 0 bridgehead atoms. The van der Waals surface area contributed by atoms with Crippen LogP contribution in [0, 0.1) is 0 Å². The molecule has 0 aromatic heterocycles. The molecule has 1 rings (SSSR count). The Balaban J connectivity index is 2.35. The first-order valence-electron chi connectivity index (χ1n) is 3.28. The van der Waals surface area contributed by atoms with E-state index in [0.29, 0.717) is 0 Å². The van der Waals surface area contributed by atoms with E-state index in [2.05, 4.69) is 15.9 Å². The predicted octanol–water partition coefficient (Wildman–Crippen LogP) is 0.622. The Morgan fingerprint density at radius 1 is 1.44 bits per heavy atom. The smallest absolute Gasteiger partial charge is 0.0679 e. The zero-order valence-corrected chi connectivity index (χ0v) is 6.84. The molecule has 0 heterocycles. The van der Waals surface area contributed by atoms with Gasteiger partial charge in [-0.2, -0.15) is 0 Å². The summed E-state index contributed by atoms with van der Waals surface area (Å²) in [6.45, 7) is 0. The molecule has 0 spiro atoms. The fourth-order valence-electron chi connectivity index (χ4n) is 1.14. The molecular formula is C6H12BrNO. The van der Waals surface area contributed by atoms with E-state index in [0.717, 1.165) is 19.3 Å². The van der Waals surface area contributed by atoms with E-state index in [1.807, 2.05) is 0 Å². The molecule has 3 N–H and O–H groups in total. The molecule has 0 aromatic carbocycles. The lowest BCUT2D eigenvalue weighted by Crippen LogP contribution is -2.36. The van der Waals surface area contributed by atoms with Gasteiger partial charge in [0.2, 0.25) is 0 Å². The van der Waals surface area contributed by atoms with Crippen molar-refractivity contribution in [3.63, 3.8) is 0 Å². The molecule has 0 radical (unpaired) electrons. The summed E-state index contributed by atoms with van der Waals surface area (Å²) >= 11 is 3.38. The van der Waals surface area contributed by atoms with Crippen molar-refractivity contribution >= 4 is 15.9 Å². The largest absolute Gasteiger partial charge is 0.392 e. The summed E-state index contributed by atoms with van der Waals surface area (Å²) in [5.41, 5.74) is 5.61. The molecule has 0 unspecified atom stereocenters. The van der Waals surface area contributed by atoms with Crippen LogP contribution in [0.3, 0.4) is 0 Å². The van der Waals surface area contributed by atoms with Crippen molar-refractivity contribution in [2.24, 2.45) is 5.73 Å². The Kier molecular flexibility index (Phi) is 2.50. The van der Waals surface area contributed by atoms with Gasteiger partial charge in [-0.05, 0) is 19.3 Å². The maximum absolute atomic E-state index is 9.22. The van der Waals surface area contributed by atoms with E-state index in [-0.39, 0.29) is 17.0 Å². The van der Waals surface area contributed by atoms with Gasteiger partial charge < -0.3 is 10.8 Å². The second-order valence-electron chi connectivity index (χ2n) is 2.66. The third-order valence-corrected chi connectivity index (χ3v) is 2.84. The number of aliphatic hydroxyl groups excluding tert-OH is 1. The van der Waals surface area contributed by atoms with Crippen molar-refractivity contribution in [2.75, 3.05) is 0 Å². The monoisotopic (exact) mass is 193 g/mol. The van der Waals surface area contributed by atoms with Crippen LogP contribution in [-0.2, 0) is 0 Å². The van der Waals surface area contributed by atoms with Crippen LogP contribution in [0.5, 0.6) is 0 Å². The molecule has 1 aliphatic rings. The van der Waals surface area contributed by atoms with Crippen LogP contribution >= 0.6 is 15.9 Å². The lowest BCUT2D eigenvalue weighted by Gasteiger charge is -2.27. The molecule has 0 saturated heterocycles. The Labute approximate surface area is 63.6 Å². The Morgan fingerprint density at radius 3 is 2.56 bits per heavy atom. The minimum atomic E-state index is -0.228. The van der Waals surface area contributed by atoms with Crippen molar-refractivity contribution in [1.29, 1.82) is 0 Å². The molecule has 3 heteroatoms. The SMILES string of the molecule is N[C@H]1CC[C@@H](Br)[C@@H](O)C1. The minimum absolute atomic E-state index is 0.216. The highest BCUT2D eigenvalue weighted by molar-refractivity contribution is 9.09. The molecule has 0 aliphatic heterocycles. The summed E-state index contributed by atoms with van der Waals surface area (Å²) in [5, 5.41) is 9.22. The number of nitrogens with two attached hydrogens (primary N) is 1. The Bertz CT molecular complexity index is 99.1. The van der Waals surface area contributed by atoms with E-state index in [1.165, 1.54) is 0 Å². The molecule has 54 valence electrons. The molecule has 0 amide bonds. The van der Waals surface area contributed by atoms with Gasteiger partial charge in [0.05, 0.1) is 6.10 Å². The van der Waals surface area contributed by atoms with Gasteiger partial charge in [-0.1, -0.05) is 15.9 Å². The summed E-state index contributed by atoms with van der Waals surface area (Å²) in [5.74, 6) is 0. The average Bonchev–Trinajstić information content (AvgIpc) is 1.80. The fourth-order valence-corrected chi connectivity index (χ4v) is 1.62. The normalized spacial score (nSPS) is 45.0. The van der Waals surface area contributed by atoms with Crippen LogP contribution in [0.4, 0.5) is 0 Å². The molecule has 3 atom stereocenters. The molecule has 1 aliphatic carbocycles. The summed E-state index contributed by atoms with van der Waals surface area (Å²) in [6.07, 6.45) is 2.55. The van der Waals surface area contributed by atoms with E-state index >= 15 is 0 Å². The Hall–Kier alpha value is 0.400. The summed E-state index contributed by atoms with van der Waals surface area (Å²) in [6, 6.07) is 0.216. The first-order valence-corrected chi connectivity index (χ1v) is 4.19. The summed E-state index contributed by atoms with van der Waals surface area (Å²) < 4.78 is 0. The number of alkyl halides is 1. The zero-order chi connectivity index (χ0) is 6.85. The van der Waals surface area contributed by atoms with Crippen molar-refractivity contribution in [1.82, 2.24) is 0 Å². The quantitative estimate of drug-likeness (QED) is 0.555. The van der Waals surface area contributed by atoms with Gasteiger partial charge in [-0.15, -0.1) is 0 Å². The predicted molar refractivity (Wildman–Crippen MR) is 40.5 cm³/mol. The van der Waals surface area contributed by atoms with Crippen molar-refractivity contribution in [3.8, 4) is 0 Å². The van der Waals surface area contributed by atoms with Crippen LogP contribution in [0.1, 0.15) is 19.3 Å². The molecule has 0 aromatic rings. The van der Waals surface area contributed by atoms with Crippen LogP contribution in [0.15, 0.2) is 0 Å². The van der Waals surface area contributed by atoms with E-state index in [1.54, 1.807) is 0 Å². The van der Waals surface area contributed by atoms with Gasteiger partial charge in [0.1, 0.15) is 0 Å². The average molecular weight is 194 g/mol. The van der Waals surface area contributed by atoms with Gasteiger partial charge in [0, 0.05) is 10.9 Å². The van der Waals surface area contributed by atoms with Gasteiger partial charge >= 0.3 is 0 Å².